The maximum Gasteiger partial charge on any atom is 0.416 e. The van der Waals surface area contributed by atoms with Crippen molar-refractivity contribution < 1.29 is 17.9 Å². The number of nitrogens with one attached hydrogen (secondary N) is 1. The summed E-state index contributed by atoms with van der Waals surface area (Å²) >= 11 is 0. The summed E-state index contributed by atoms with van der Waals surface area (Å²) in [5.74, 6) is 0.260. The van der Waals surface area contributed by atoms with Crippen molar-refractivity contribution in [2.75, 3.05) is 13.2 Å². The number of hydrogen-bond donors (Lipinski definition) is 1. The van der Waals surface area contributed by atoms with Gasteiger partial charge in [0.1, 0.15) is 0 Å². The van der Waals surface area contributed by atoms with E-state index in [2.05, 4.69) is 19.2 Å². The Bertz CT molecular complexity index is 415. The van der Waals surface area contributed by atoms with Gasteiger partial charge >= 0.3 is 6.18 Å². The van der Waals surface area contributed by atoms with Crippen LogP contribution in [0.3, 0.4) is 0 Å². The molecule has 5 heteroatoms. The van der Waals surface area contributed by atoms with E-state index in [0.717, 1.165) is 24.2 Å². The van der Waals surface area contributed by atoms with Gasteiger partial charge in [0.05, 0.1) is 17.7 Å². The van der Waals surface area contributed by atoms with Crippen molar-refractivity contribution in [1.82, 2.24) is 5.32 Å². The molecule has 1 aromatic rings. The first-order chi connectivity index (χ1) is 9.81. The van der Waals surface area contributed by atoms with Gasteiger partial charge in [0.2, 0.25) is 0 Å². The van der Waals surface area contributed by atoms with Crippen LogP contribution in [0.4, 0.5) is 13.2 Å². The number of hydrogen-bond acceptors (Lipinski definition) is 2. The van der Waals surface area contributed by atoms with E-state index in [-0.39, 0.29) is 18.1 Å². The van der Waals surface area contributed by atoms with Gasteiger partial charge in [0.15, 0.2) is 0 Å². The predicted molar refractivity (Wildman–Crippen MR) is 78.1 cm³/mol. The van der Waals surface area contributed by atoms with Crippen LogP contribution in [0, 0.1) is 5.92 Å². The second kappa shape index (κ2) is 7.80. The summed E-state index contributed by atoms with van der Waals surface area (Å²) in [5, 5.41) is 3.32. The molecule has 0 fully saturated rings. The number of halogens is 3. The first-order valence-corrected chi connectivity index (χ1v) is 7.33. The monoisotopic (exact) mass is 303 g/mol. The van der Waals surface area contributed by atoms with Gasteiger partial charge in [-0.3, -0.25) is 0 Å². The van der Waals surface area contributed by atoms with E-state index in [0.29, 0.717) is 6.61 Å². The lowest BCUT2D eigenvalue weighted by atomic mass is 9.92. The second-order valence-electron chi connectivity index (χ2n) is 5.32. The molecule has 0 saturated heterocycles. The fraction of sp³-hybridized carbons (Fsp3) is 0.625. The summed E-state index contributed by atoms with van der Waals surface area (Å²) in [6, 6.07) is 5.21. The van der Waals surface area contributed by atoms with E-state index in [1.165, 1.54) is 12.1 Å². The number of likely N-dealkylation sites (N-methyl/N-ethyl adjacent to an activating group) is 1. The molecular weight excluding hydrogens is 279 g/mol. The third-order valence-corrected chi connectivity index (χ3v) is 3.37. The first kappa shape index (κ1) is 18.0. The molecule has 0 amide bonds. The van der Waals surface area contributed by atoms with Crippen molar-refractivity contribution in [3.63, 3.8) is 0 Å². The highest BCUT2D eigenvalue weighted by Crippen LogP contribution is 2.31. The zero-order valence-corrected chi connectivity index (χ0v) is 13.0. The lowest BCUT2D eigenvalue weighted by Gasteiger charge is -2.31. The minimum atomic E-state index is -4.30. The Kier molecular flexibility index (Phi) is 6.68. The molecule has 0 aliphatic rings. The van der Waals surface area contributed by atoms with Gasteiger partial charge in [0, 0.05) is 6.61 Å². The molecule has 0 bridgehead atoms. The highest BCUT2D eigenvalue weighted by Gasteiger charge is 2.31. The third-order valence-electron chi connectivity index (χ3n) is 3.37. The Balaban J connectivity index is 3.04. The van der Waals surface area contributed by atoms with E-state index in [9.17, 15) is 13.2 Å². The predicted octanol–water partition coefficient (Wildman–Crippen LogP) is 4.42. The molecule has 0 saturated carbocycles. The van der Waals surface area contributed by atoms with Crippen LogP contribution < -0.4 is 5.32 Å². The van der Waals surface area contributed by atoms with Crippen LogP contribution in [0.5, 0.6) is 0 Å². The van der Waals surface area contributed by atoms with Crippen LogP contribution in [0.15, 0.2) is 24.3 Å². The SMILES string of the molecule is CCNC(c1ccc(C(F)(F)F)cc1)C(OCC)C(C)C. The Hall–Kier alpha value is -1.07. The molecule has 0 aliphatic carbocycles. The molecule has 0 spiro atoms. The summed E-state index contributed by atoms with van der Waals surface area (Å²) in [6.45, 7) is 9.29. The third kappa shape index (κ3) is 5.00. The largest absolute Gasteiger partial charge is 0.416 e. The highest BCUT2D eigenvalue weighted by atomic mass is 19.4. The van der Waals surface area contributed by atoms with Crippen molar-refractivity contribution in [3.8, 4) is 0 Å². The van der Waals surface area contributed by atoms with Crippen molar-refractivity contribution >= 4 is 0 Å². The lowest BCUT2D eigenvalue weighted by Crippen LogP contribution is -2.37. The Morgan fingerprint density at radius 1 is 1.10 bits per heavy atom. The normalized spacial score (nSPS) is 15.2. The van der Waals surface area contributed by atoms with Crippen molar-refractivity contribution in [1.29, 1.82) is 0 Å². The number of rotatable bonds is 7. The van der Waals surface area contributed by atoms with Crippen LogP contribution in [0.25, 0.3) is 0 Å². The molecule has 120 valence electrons. The maximum atomic E-state index is 12.6. The average Bonchev–Trinajstić information content (AvgIpc) is 2.41. The molecule has 2 nitrogen and oxygen atoms in total. The molecule has 1 rings (SSSR count). The summed E-state index contributed by atoms with van der Waals surface area (Å²) in [6.07, 6.45) is -4.38. The number of ether oxygens (including phenoxy) is 1. The van der Waals surface area contributed by atoms with Crippen molar-refractivity contribution in [2.45, 2.75) is 46.0 Å². The smallest absolute Gasteiger partial charge is 0.376 e. The van der Waals surface area contributed by atoms with E-state index >= 15 is 0 Å². The number of benzene rings is 1. The van der Waals surface area contributed by atoms with Gasteiger partial charge in [-0.2, -0.15) is 13.2 Å². The van der Waals surface area contributed by atoms with Crippen LogP contribution in [0.1, 0.15) is 44.9 Å². The van der Waals surface area contributed by atoms with Gasteiger partial charge in [-0.15, -0.1) is 0 Å². The lowest BCUT2D eigenvalue weighted by molar-refractivity contribution is -0.137. The van der Waals surface area contributed by atoms with Gasteiger partial charge in [-0.05, 0) is 37.1 Å². The summed E-state index contributed by atoms with van der Waals surface area (Å²) in [7, 11) is 0. The van der Waals surface area contributed by atoms with E-state index < -0.39 is 11.7 Å². The molecule has 0 aliphatic heterocycles. The van der Waals surface area contributed by atoms with Crippen molar-refractivity contribution in [3.05, 3.63) is 35.4 Å². The molecule has 1 N–H and O–H groups in total. The molecule has 21 heavy (non-hydrogen) atoms. The Labute approximate surface area is 124 Å². The first-order valence-electron chi connectivity index (χ1n) is 7.33. The topological polar surface area (TPSA) is 21.3 Å². The van der Waals surface area contributed by atoms with Crippen molar-refractivity contribution in [2.24, 2.45) is 5.92 Å². The zero-order valence-electron chi connectivity index (χ0n) is 13.0. The molecular formula is C16H24F3NO. The van der Waals surface area contributed by atoms with Crippen LogP contribution >= 0.6 is 0 Å². The summed E-state index contributed by atoms with van der Waals surface area (Å²) < 4.78 is 43.7. The van der Waals surface area contributed by atoms with Gasteiger partial charge in [-0.1, -0.05) is 32.9 Å². The molecule has 0 radical (unpaired) electrons. The Morgan fingerprint density at radius 3 is 2.05 bits per heavy atom. The Morgan fingerprint density at radius 2 is 1.67 bits per heavy atom. The zero-order chi connectivity index (χ0) is 16.0. The fourth-order valence-corrected chi connectivity index (χ4v) is 2.39. The minimum Gasteiger partial charge on any atom is -0.376 e. The maximum absolute atomic E-state index is 12.6. The second-order valence-corrected chi connectivity index (χ2v) is 5.32. The van der Waals surface area contributed by atoms with Gasteiger partial charge < -0.3 is 10.1 Å². The summed E-state index contributed by atoms with van der Waals surface area (Å²) in [4.78, 5) is 0. The molecule has 1 aromatic carbocycles. The van der Waals surface area contributed by atoms with E-state index in [4.69, 9.17) is 4.74 Å². The summed E-state index contributed by atoms with van der Waals surface area (Å²) in [5.41, 5.74) is 0.191. The minimum absolute atomic E-state index is 0.0771. The van der Waals surface area contributed by atoms with Crippen LogP contribution in [-0.4, -0.2) is 19.3 Å². The number of alkyl halides is 3. The average molecular weight is 303 g/mol. The van der Waals surface area contributed by atoms with Crippen LogP contribution in [-0.2, 0) is 10.9 Å². The molecule has 0 aromatic heterocycles. The van der Waals surface area contributed by atoms with Gasteiger partial charge in [0.25, 0.3) is 0 Å². The molecule has 2 unspecified atom stereocenters. The van der Waals surface area contributed by atoms with E-state index in [1.54, 1.807) is 0 Å². The quantitative estimate of drug-likeness (QED) is 0.805. The highest BCUT2D eigenvalue weighted by molar-refractivity contribution is 5.27. The van der Waals surface area contributed by atoms with E-state index in [1.807, 2.05) is 13.8 Å². The fourth-order valence-electron chi connectivity index (χ4n) is 2.39. The molecule has 0 heterocycles. The molecule has 2 atom stereocenters. The standard InChI is InChI=1S/C16H24F3NO/c1-5-20-14(15(11(3)4)21-6-2)12-7-9-13(10-8-12)16(17,18)19/h7-11,14-15,20H,5-6H2,1-4H3. The van der Waals surface area contributed by atoms with Crippen LogP contribution in [0.2, 0.25) is 0 Å². The van der Waals surface area contributed by atoms with Gasteiger partial charge in [-0.25, -0.2) is 0 Å².